The van der Waals surface area contributed by atoms with Crippen LogP contribution >= 0.6 is 11.8 Å². The summed E-state index contributed by atoms with van der Waals surface area (Å²) < 4.78 is 13.2. The minimum absolute atomic E-state index is 0.101. The van der Waals surface area contributed by atoms with Gasteiger partial charge in [0, 0.05) is 5.75 Å². The lowest BCUT2D eigenvalue weighted by Crippen LogP contribution is -2.40. The maximum Gasteiger partial charge on any atom is 0.123 e. The van der Waals surface area contributed by atoms with E-state index in [1.807, 2.05) is 6.07 Å². The lowest BCUT2D eigenvalue weighted by atomic mass is 9.78. The molecule has 16 heavy (non-hydrogen) atoms. The van der Waals surface area contributed by atoms with Gasteiger partial charge >= 0.3 is 0 Å². The highest BCUT2D eigenvalue weighted by atomic mass is 32.2. The van der Waals surface area contributed by atoms with Crippen molar-refractivity contribution in [2.45, 2.75) is 25.9 Å². The predicted octanol–water partition coefficient (Wildman–Crippen LogP) is 3.18. The number of thioether (sulfide) groups is 1. The zero-order valence-corrected chi connectivity index (χ0v) is 10.5. The van der Waals surface area contributed by atoms with E-state index in [4.69, 9.17) is 0 Å². The normalized spacial score (nSPS) is 29.0. The van der Waals surface area contributed by atoms with E-state index < -0.39 is 5.60 Å². The standard InChI is InChI=1S/C13H17FOS/c1-12(2)7-13(15,9-16-8-12)10-4-3-5-11(14)6-10/h3-6,15H,7-9H2,1-2H3. The molecule has 1 aliphatic heterocycles. The van der Waals surface area contributed by atoms with Crippen molar-refractivity contribution in [3.8, 4) is 0 Å². The predicted molar refractivity (Wildman–Crippen MR) is 66.0 cm³/mol. The van der Waals surface area contributed by atoms with Crippen molar-refractivity contribution < 1.29 is 9.50 Å². The van der Waals surface area contributed by atoms with E-state index in [9.17, 15) is 9.50 Å². The minimum Gasteiger partial charge on any atom is -0.384 e. The molecule has 1 fully saturated rings. The van der Waals surface area contributed by atoms with E-state index >= 15 is 0 Å². The zero-order chi connectivity index (χ0) is 11.8. The Hall–Kier alpha value is -0.540. The minimum atomic E-state index is -0.880. The average Bonchev–Trinajstić information content (AvgIpc) is 2.15. The van der Waals surface area contributed by atoms with Crippen LogP contribution in [0.15, 0.2) is 24.3 Å². The van der Waals surface area contributed by atoms with E-state index in [1.165, 1.54) is 12.1 Å². The summed E-state index contributed by atoms with van der Waals surface area (Å²) in [6.45, 7) is 4.28. The molecule has 1 saturated heterocycles. The average molecular weight is 240 g/mol. The molecule has 88 valence electrons. The molecule has 0 spiro atoms. The second kappa shape index (κ2) is 4.04. The lowest BCUT2D eigenvalue weighted by molar-refractivity contribution is 0.0154. The fourth-order valence-corrected chi connectivity index (χ4v) is 3.72. The van der Waals surface area contributed by atoms with Crippen LogP contribution < -0.4 is 0 Å². The smallest absolute Gasteiger partial charge is 0.123 e. The van der Waals surface area contributed by atoms with Gasteiger partial charge in [0.05, 0.1) is 5.60 Å². The maximum absolute atomic E-state index is 13.2. The molecular weight excluding hydrogens is 223 g/mol. The van der Waals surface area contributed by atoms with Gasteiger partial charge in [-0.15, -0.1) is 0 Å². The van der Waals surface area contributed by atoms with E-state index in [0.29, 0.717) is 17.7 Å². The topological polar surface area (TPSA) is 20.2 Å². The van der Waals surface area contributed by atoms with Crippen molar-refractivity contribution in [3.63, 3.8) is 0 Å². The maximum atomic E-state index is 13.2. The molecule has 1 atom stereocenters. The summed E-state index contributed by atoms with van der Waals surface area (Å²) >= 11 is 1.74. The first-order valence-electron chi connectivity index (χ1n) is 5.48. The Morgan fingerprint density at radius 1 is 1.31 bits per heavy atom. The summed E-state index contributed by atoms with van der Waals surface area (Å²) in [7, 11) is 0. The second-order valence-corrected chi connectivity index (χ2v) is 6.36. The van der Waals surface area contributed by atoms with Crippen molar-refractivity contribution in [1.29, 1.82) is 0 Å². The largest absolute Gasteiger partial charge is 0.384 e. The molecule has 1 N–H and O–H groups in total. The van der Waals surface area contributed by atoms with Gasteiger partial charge in [-0.3, -0.25) is 0 Å². The van der Waals surface area contributed by atoms with Crippen LogP contribution in [-0.4, -0.2) is 16.6 Å². The lowest BCUT2D eigenvalue weighted by Gasteiger charge is -2.41. The summed E-state index contributed by atoms with van der Waals surface area (Å²) in [6.07, 6.45) is 0.691. The van der Waals surface area contributed by atoms with Gasteiger partial charge in [-0.2, -0.15) is 11.8 Å². The summed E-state index contributed by atoms with van der Waals surface area (Å²) in [5.74, 6) is 1.42. The Morgan fingerprint density at radius 3 is 2.69 bits per heavy atom. The molecule has 1 unspecified atom stereocenters. The number of hydrogen-bond donors (Lipinski definition) is 1. The number of benzene rings is 1. The van der Waals surface area contributed by atoms with E-state index in [0.717, 1.165) is 5.75 Å². The van der Waals surface area contributed by atoms with E-state index in [2.05, 4.69) is 13.8 Å². The van der Waals surface area contributed by atoms with Gasteiger partial charge in [-0.25, -0.2) is 4.39 Å². The third kappa shape index (κ3) is 2.41. The first kappa shape index (κ1) is 11.9. The Labute approximate surface area is 100 Å². The van der Waals surface area contributed by atoms with Crippen LogP contribution in [0.25, 0.3) is 0 Å². The number of rotatable bonds is 1. The third-order valence-corrected chi connectivity index (χ3v) is 4.63. The van der Waals surface area contributed by atoms with Gasteiger partial charge < -0.3 is 5.11 Å². The molecule has 0 radical (unpaired) electrons. The quantitative estimate of drug-likeness (QED) is 0.813. The summed E-state index contributed by atoms with van der Waals surface area (Å²) in [5.41, 5.74) is -0.0776. The van der Waals surface area contributed by atoms with Gasteiger partial charge in [-0.05, 0) is 35.3 Å². The molecule has 1 aromatic rings. The molecule has 1 aromatic carbocycles. The number of aliphatic hydroxyl groups is 1. The molecule has 0 amide bonds. The van der Waals surface area contributed by atoms with Crippen molar-refractivity contribution in [1.82, 2.24) is 0 Å². The third-order valence-electron chi connectivity index (χ3n) is 2.97. The Kier molecular flexibility index (Phi) is 3.01. The highest BCUT2D eigenvalue weighted by Gasteiger charge is 2.40. The van der Waals surface area contributed by atoms with Crippen LogP contribution in [0.3, 0.4) is 0 Å². The Bertz CT molecular complexity index is 391. The van der Waals surface area contributed by atoms with Crippen molar-refractivity contribution in [3.05, 3.63) is 35.6 Å². The van der Waals surface area contributed by atoms with Gasteiger partial charge in [0.1, 0.15) is 5.82 Å². The summed E-state index contributed by atoms with van der Waals surface area (Å²) in [6, 6.07) is 6.33. The van der Waals surface area contributed by atoms with Crippen molar-refractivity contribution in [2.24, 2.45) is 5.41 Å². The molecular formula is C13H17FOS. The van der Waals surface area contributed by atoms with Crippen LogP contribution in [0.5, 0.6) is 0 Å². The van der Waals surface area contributed by atoms with Crippen LogP contribution in [0.1, 0.15) is 25.8 Å². The van der Waals surface area contributed by atoms with E-state index in [1.54, 1.807) is 17.8 Å². The molecule has 3 heteroatoms. The number of halogens is 1. The van der Waals surface area contributed by atoms with E-state index in [-0.39, 0.29) is 11.2 Å². The first-order chi connectivity index (χ1) is 7.41. The Morgan fingerprint density at radius 2 is 2.06 bits per heavy atom. The molecule has 1 aliphatic rings. The monoisotopic (exact) mass is 240 g/mol. The molecule has 0 saturated carbocycles. The molecule has 2 rings (SSSR count). The summed E-state index contributed by atoms with van der Waals surface area (Å²) in [4.78, 5) is 0. The second-order valence-electron chi connectivity index (χ2n) is 5.38. The molecule has 0 bridgehead atoms. The van der Waals surface area contributed by atoms with Gasteiger partial charge in [0.2, 0.25) is 0 Å². The Balaban J connectivity index is 2.31. The van der Waals surface area contributed by atoms with Crippen molar-refractivity contribution in [2.75, 3.05) is 11.5 Å². The molecule has 1 nitrogen and oxygen atoms in total. The SMILES string of the molecule is CC1(C)CSCC(O)(c2cccc(F)c2)C1. The van der Waals surface area contributed by atoms with Crippen LogP contribution in [0.2, 0.25) is 0 Å². The van der Waals surface area contributed by atoms with Gasteiger partial charge in [0.25, 0.3) is 0 Å². The highest BCUT2D eigenvalue weighted by Crippen LogP contribution is 2.44. The number of hydrogen-bond acceptors (Lipinski definition) is 2. The van der Waals surface area contributed by atoms with Crippen LogP contribution in [0.4, 0.5) is 4.39 Å². The molecule has 1 heterocycles. The van der Waals surface area contributed by atoms with Crippen molar-refractivity contribution >= 4 is 11.8 Å². The van der Waals surface area contributed by atoms with Gasteiger partial charge in [0.15, 0.2) is 0 Å². The fourth-order valence-electron chi connectivity index (χ4n) is 2.35. The summed E-state index contributed by atoms with van der Waals surface area (Å²) in [5, 5.41) is 10.6. The van der Waals surface area contributed by atoms with Crippen LogP contribution in [-0.2, 0) is 5.60 Å². The van der Waals surface area contributed by atoms with Crippen LogP contribution in [0, 0.1) is 11.2 Å². The fraction of sp³-hybridized carbons (Fsp3) is 0.538. The highest BCUT2D eigenvalue weighted by molar-refractivity contribution is 7.99. The molecule has 0 aromatic heterocycles. The first-order valence-corrected chi connectivity index (χ1v) is 6.63. The zero-order valence-electron chi connectivity index (χ0n) is 9.66. The molecule has 0 aliphatic carbocycles. The van der Waals surface area contributed by atoms with Gasteiger partial charge in [-0.1, -0.05) is 26.0 Å².